The van der Waals surface area contributed by atoms with Crippen molar-refractivity contribution in [2.45, 2.75) is 12.3 Å². The van der Waals surface area contributed by atoms with E-state index >= 15 is 0 Å². The highest BCUT2D eigenvalue weighted by atomic mass is 16.3. The highest BCUT2D eigenvalue weighted by molar-refractivity contribution is 6.06. The molecule has 168 valence electrons. The minimum atomic E-state index is -0.207. The van der Waals surface area contributed by atoms with Gasteiger partial charge in [0.2, 0.25) is 5.91 Å². The van der Waals surface area contributed by atoms with Crippen LogP contribution in [0.25, 0.3) is 38.6 Å². The summed E-state index contributed by atoms with van der Waals surface area (Å²) < 4.78 is 6.30. The molecule has 0 bridgehead atoms. The van der Waals surface area contributed by atoms with Gasteiger partial charge in [0, 0.05) is 42.8 Å². The number of rotatable bonds is 6. The van der Waals surface area contributed by atoms with E-state index in [1.165, 1.54) is 5.56 Å². The van der Waals surface area contributed by atoms with Gasteiger partial charge in [-0.1, -0.05) is 97.6 Å². The van der Waals surface area contributed by atoms with Crippen molar-refractivity contribution in [3.63, 3.8) is 0 Å². The summed E-state index contributed by atoms with van der Waals surface area (Å²) in [5.41, 5.74) is 6.90. The highest BCUT2D eigenvalue weighted by Crippen LogP contribution is 2.41. The lowest BCUT2D eigenvalue weighted by Crippen LogP contribution is -2.24. The number of nitrogens with zero attached hydrogens (tertiary/aromatic N) is 1. The summed E-state index contributed by atoms with van der Waals surface area (Å²) in [6, 6.07) is 32.9. The lowest BCUT2D eigenvalue weighted by atomic mass is 9.84. The number of fused-ring (bicyclic) bond motifs is 3. The Hall–Kier alpha value is -4.11. The van der Waals surface area contributed by atoms with Gasteiger partial charge in [-0.3, -0.25) is 4.79 Å². The van der Waals surface area contributed by atoms with Crippen LogP contribution in [0.3, 0.4) is 0 Å². The van der Waals surface area contributed by atoms with Crippen LogP contribution in [-0.2, 0) is 4.79 Å². The van der Waals surface area contributed by atoms with Crippen LogP contribution < -0.4 is 0 Å². The maximum atomic E-state index is 12.9. The van der Waals surface area contributed by atoms with Gasteiger partial charge >= 0.3 is 0 Å². The summed E-state index contributed by atoms with van der Waals surface area (Å²) in [6.45, 7) is 4.46. The molecular formula is C31H27NO2. The minimum absolute atomic E-state index is 0.0557. The second-order valence-corrected chi connectivity index (χ2v) is 8.84. The molecule has 0 aliphatic heterocycles. The number of hydrogen-bond acceptors (Lipinski definition) is 2. The zero-order valence-electron chi connectivity index (χ0n) is 19.5. The predicted octanol–water partition coefficient (Wildman–Crippen LogP) is 7.53. The largest absolute Gasteiger partial charge is 0.456 e. The van der Waals surface area contributed by atoms with Crippen LogP contribution in [0.2, 0.25) is 0 Å². The van der Waals surface area contributed by atoms with Crippen molar-refractivity contribution < 1.29 is 9.21 Å². The van der Waals surface area contributed by atoms with Crippen molar-refractivity contribution in [2.75, 3.05) is 14.1 Å². The average Bonchev–Trinajstić information content (AvgIpc) is 3.26. The van der Waals surface area contributed by atoms with Gasteiger partial charge in [0.05, 0.1) is 0 Å². The maximum Gasteiger partial charge on any atom is 0.223 e. The van der Waals surface area contributed by atoms with Gasteiger partial charge in [0.15, 0.2) is 0 Å². The molecule has 1 aromatic heterocycles. The number of para-hydroxylation sites is 2. The number of carbonyl (C=O) groups excluding carboxylic acids is 1. The Bertz CT molecular complexity index is 1480. The lowest BCUT2D eigenvalue weighted by Gasteiger charge is -2.22. The SMILES string of the molecule is C=C(c1ccc(-c2ccccc2)cc1)C(CC(=O)N(C)C)c1cccc2c1oc1ccccc12. The van der Waals surface area contributed by atoms with E-state index in [2.05, 4.69) is 61.2 Å². The molecule has 0 aliphatic rings. The van der Waals surface area contributed by atoms with Gasteiger partial charge in [0.1, 0.15) is 11.2 Å². The monoisotopic (exact) mass is 445 g/mol. The summed E-state index contributed by atoms with van der Waals surface area (Å²) in [4.78, 5) is 14.5. The molecule has 1 unspecified atom stereocenters. The molecule has 1 heterocycles. The Labute approximate surface area is 199 Å². The fourth-order valence-corrected chi connectivity index (χ4v) is 4.53. The van der Waals surface area contributed by atoms with Crippen LogP contribution >= 0.6 is 0 Å². The van der Waals surface area contributed by atoms with Crippen molar-refractivity contribution in [3.05, 3.63) is 115 Å². The van der Waals surface area contributed by atoms with Crippen LogP contribution in [-0.4, -0.2) is 24.9 Å². The number of furan rings is 1. The van der Waals surface area contributed by atoms with Crippen LogP contribution in [0.15, 0.2) is 108 Å². The van der Waals surface area contributed by atoms with E-state index in [-0.39, 0.29) is 11.8 Å². The number of allylic oxidation sites excluding steroid dienone is 1. The summed E-state index contributed by atoms with van der Waals surface area (Å²) in [6.07, 6.45) is 0.322. The van der Waals surface area contributed by atoms with E-state index in [1.807, 2.05) is 42.5 Å². The topological polar surface area (TPSA) is 33.5 Å². The van der Waals surface area contributed by atoms with Gasteiger partial charge in [-0.25, -0.2) is 0 Å². The van der Waals surface area contributed by atoms with Crippen molar-refractivity contribution in [1.82, 2.24) is 4.90 Å². The Morgan fingerprint density at radius 2 is 1.44 bits per heavy atom. The van der Waals surface area contributed by atoms with Crippen LogP contribution in [0.5, 0.6) is 0 Å². The van der Waals surface area contributed by atoms with Crippen LogP contribution in [0.4, 0.5) is 0 Å². The number of hydrogen-bond donors (Lipinski definition) is 0. The average molecular weight is 446 g/mol. The number of carbonyl (C=O) groups is 1. The molecule has 0 spiro atoms. The van der Waals surface area contributed by atoms with Gasteiger partial charge in [-0.2, -0.15) is 0 Å². The standard InChI is InChI=1S/C31H27NO2/c1-21(22-16-18-24(19-17-22)23-10-5-4-6-11-23)28(20-30(33)32(2)3)27-14-9-13-26-25-12-7-8-15-29(25)34-31(26)27/h4-19,28H,1,20H2,2-3H3. The Kier molecular flexibility index (Phi) is 5.77. The van der Waals surface area contributed by atoms with Gasteiger partial charge in [0.25, 0.3) is 0 Å². The summed E-state index contributed by atoms with van der Waals surface area (Å²) in [5.74, 6) is -0.151. The lowest BCUT2D eigenvalue weighted by molar-refractivity contribution is -0.128. The molecule has 5 rings (SSSR count). The first kappa shape index (κ1) is 21.7. The molecule has 0 radical (unpaired) electrons. The van der Waals surface area contributed by atoms with Gasteiger partial charge < -0.3 is 9.32 Å². The molecule has 0 saturated carbocycles. The van der Waals surface area contributed by atoms with Crippen molar-refractivity contribution >= 4 is 33.4 Å². The molecule has 3 heteroatoms. The van der Waals surface area contributed by atoms with Crippen molar-refractivity contribution in [2.24, 2.45) is 0 Å². The van der Waals surface area contributed by atoms with E-state index < -0.39 is 0 Å². The van der Waals surface area contributed by atoms with Crippen LogP contribution in [0.1, 0.15) is 23.5 Å². The van der Waals surface area contributed by atoms with E-state index in [4.69, 9.17) is 4.42 Å². The number of benzene rings is 4. The Morgan fingerprint density at radius 1 is 0.794 bits per heavy atom. The fraction of sp³-hybridized carbons (Fsp3) is 0.129. The predicted molar refractivity (Wildman–Crippen MR) is 141 cm³/mol. The maximum absolute atomic E-state index is 12.9. The molecule has 0 saturated heterocycles. The molecule has 4 aromatic carbocycles. The van der Waals surface area contributed by atoms with Gasteiger partial charge in [-0.05, 0) is 28.3 Å². The smallest absolute Gasteiger partial charge is 0.223 e. The Morgan fingerprint density at radius 3 is 2.18 bits per heavy atom. The van der Waals surface area contributed by atoms with Gasteiger partial charge in [-0.15, -0.1) is 0 Å². The minimum Gasteiger partial charge on any atom is -0.456 e. The molecule has 0 aliphatic carbocycles. The van der Waals surface area contributed by atoms with Crippen LogP contribution in [0, 0.1) is 0 Å². The van der Waals surface area contributed by atoms with E-state index in [1.54, 1.807) is 19.0 Å². The molecule has 0 N–H and O–H groups in total. The van der Waals surface area contributed by atoms with E-state index in [0.29, 0.717) is 6.42 Å². The highest BCUT2D eigenvalue weighted by Gasteiger charge is 2.25. The molecular weight excluding hydrogens is 418 g/mol. The summed E-state index contributed by atoms with van der Waals surface area (Å²) >= 11 is 0. The zero-order valence-corrected chi connectivity index (χ0v) is 19.5. The normalized spacial score (nSPS) is 12.1. The van der Waals surface area contributed by atoms with E-state index in [9.17, 15) is 4.79 Å². The van der Waals surface area contributed by atoms with Crippen molar-refractivity contribution in [3.8, 4) is 11.1 Å². The number of amides is 1. The Balaban J connectivity index is 1.58. The quantitative estimate of drug-likeness (QED) is 0.271. The molecule has 5 aromatic rings. The molecule has 3 nitrogen and oxygen atoms in total. The zero-order chi connectivity index (χ0) is 23.7. The molecule has 0 fully saturated rings. The molecule has 1 amide bonds. The summed E-state index contributed by atoms with van der Waals surface area (Å²) in [5, 5.41) is 2.14. The second-order valence-electron chi connectivity index (χ2n) is 8.84. The fourth-order valence-electron chi connectivity index (χ4n) is 4.53. The third-order valence-corrected chi connectivity index (χ3v) is 6.47. The van der Waals surface area contributed by atoms with E-state index in [0.717, 1.165) is 44.2 Å². The summed E-state index contributed by atoms with van der Waals surface area (Å²) in [7, 11) is 3.58. The first-order valence-corrected chi connectivity index (χ1v) is 11.5. The first-order valence-electron chi connectivity index (χ1n) is 11.5. The third kappa shape index (κ3) is 4.01. The molecule has 34 heavy (non-hydrogen) atoms. The van der Waals surface area contributed by atoms with Crippen molar-refractivity contribution in [1.29, 1.82) is 0 Å². The third-order valence-electron chi connectivity index (χ3n) is 6.47. The molecule has 1 atom stereocenters. The first-order chi connectivity index (χ1) is 16.5. The second kappa shape index (κ2) is 9.03.